The summed E-state index contributed by atoms with van der Waals surface area (Å²) < 4.78 is 0. The molecule has 6 nitrogen and oxygen atoms in total. The molecular weight excluding hydrogens is 210 g/mol. The molecule has 1 aromatic rings. The second-order valence-electron chi connectivity index (χ2n) is 2.94. The number of rotatable bonds is 4. The Hall–Kier alpha value is -2.37. The Kier molecular flexibility index (Phi) is 4.02. The van der Waals surface area contributed by atoms with E-state index in [4.69, 9.17) is 10.8 Å². The molecule has 0 aliphatic heterocycles. The predicted octanol–water partition coefficient (Wildman–Crippen LogP) is 0.486. The molecule has 0 aliphatic carbocycles. The zero-order chi connectivity index (χ0) is 12.0. The molecule has 0 aliphatic rings. The van der Waals surface area contributed by atoms with Crippen LogP contribution in [0.5, 0.6) is 0 Å². The molecular formula is C10H11N3O3. The summed E-state index contributed by atoms with van der Waals surface area (Å²) >= 11 is 0. The maximum absolute atomic E-state index is 10.8. The number of amides is 2. The molecule has 84 valence electrons. The quantitative estimate of drug-likeness (QED) is 0.571. The van der Waals surface area contributed by atoms with Gasteiger partial charge in [-0.05, 0) is 5.56 Å². The van der Waals surface area contributed by atoms with Crippen LogP contribution in [0.3, 0.4) is 0 Å². The van der Waals surface area contributed by atoms with Gasteiger partial charge in [0.2, 0.25) is 0 Å². The lowest BCUT2D eigenvalue weighted by molar-refractivity contribution is -0.137. The highest BCUT2D eigenvalue weighted by Crippen LogP contribution is 1.96. The first-order valence-corrected chi connectivity index (χ1v) is 4.47. The highest BCUT2D eigenvalue weighted by atomic mass is 16.4. The summed E-state index contributed by atoms with van der Waals surface area (Å²) in [6.07, 6.45) is 1.37. The fraction of sp³-hybridized carbons (Fsp3) is 0.100. The third-order valence-corrected chi connectivity index (χ3v) is 1.69. The number of nitrogens with zero attached hydrogens (tertiary/aromatic N) is 2. The Balaban J connectivity index is 2.72. The van der Waals surface area contributed by atoms with Crippen molar-refractivity contribution in [1.82, 2.24) is 5.01 Å². The van der Waals surface area contributed by atoms with E-state index in [0.29, 0.717) is 5.01 Å². The highest BCUT2D eigenvalue weighted by molar-refractivity contribution is 5.83. The first kappa shape index (κ1) is 11.7. The van der Waals surface area contributed by atoms with Crippen molar-refractivity contribution in [1.29, 1.82) is 0 Å². The highest BCUT2D eigenvalue weighted by Gasteiger charge is 2.11. The van der Waals surface area contributed by atoms with Gasteiger partial charge in [-0.15, -0.1) is 0 Å². The second-order valence-corrected chi connectivity index (χ2v) is 2.94. The summed E-state index contributed by atoms with van der Waals surface area (Å²) in [4.78, 5) is 21.2. The average molecular weight is 221 g/mol. The number of benzene rings is 1. The van der Waals surface area contributed by atoms with Gasteiger partial charge in [0.15, 0.2) is 0 Å². The number of carbonyl (C=O) groups excluding carboxylic acids is 1. The Labute approximate surface area is 92.0 Å². The van der Waals surface area contributed by atoms with Crippen LogP contribution in [0.15, 0.2) is 35.4 Å². The van der Waals surface area contributed by atoms with Crippen LogP contribution in [0.2, 0.25) is 0 Å². The van der Waals surface area contributed by atoms with Gasteiger partial charge in [0.1, 0.15) is 6.54 Å². The third-order valence-electron chi connectivity index (χ3n) is 1.69. The summed E-state index contributed by atoms with van der Waals surface area (Å²) in [6, 6.07) is 8.06. The molecule has 1 aromatic carbocycles. The van der Waals surface area contributed by atoms with Crippen LogP contribution in [0.25, 0.3) is 0 Å². The standard InChI is InChI=1S/C10H11N3O3/c11-10(16)13(7-9(14)15)12-6-8-4-2-1-3-5-8/h1-6H,7H2,(H2,11,16)(H,14,15). The van der Waals surface area contributed by atoms with Crippen LogP contribution in [0.1, 0.15) is 5.56 Å². The van der Waals surface area contributed by atoms with Crippen molar-refractivity contribution < 1.29 is 14.7 Å². The van der Waals surface area contributed by atoms with Crippen LogP contribution in [-0.4, -0.2) is 34.9 Å². The molecule has 0 bridgehead atoms. The van der Waals surface area contributed by atoms with E-state index in [0.717, 1.165) is 5.56 Å². The normalized spacial score (nSPS) is 10.2. The number of aliphatic carboxylic acids is 1. The number of carboxylic acid groups (broad SMARTS) is 1. The minimum atomic E-state index is -1.18. The molecule has 1 rings (SSSR count). The van der Waals surface area contributed by atoms with Gasteiger partial charge in [0, 0.05) is 0 Å². The van der Waals surface area contributed by atoms with E-state index in [2.05, 4.69) is 5.10 Å². The minimum absolute atomic E-state index is 0.557. The van der Waals surface area contributed by atoms with Crippen molar-refractivity contribution in [2.24, 2.45) is 10.8 Å². The Morgan fingerprint density at radius 3 is 2.50 bits per heavy atom. The zero-order valence-electron chi connectivity index (χ0n) is 8.41. The number of urea groups is 1. The molecule has 0 heterocycles. The van der Waals surface area contributed by atoms with Crippen LogP contribution in [-0.2, 0) is 4.79 Å². The van der Waals surface area contributed by atoms with Gasteiger partial charge in [-0.3, -0.25) is 4.79 Å². The topological polar surface area (TPSA) is 96.0 Å². The van der Waals surface area contributed by atoms with E-state index in [1.807, 2.05) is 6.07 Å². The number of hydrogen-bond donors (Lipinski definition) is 2. The van der Waals surface area contributed by atoms with Crippen LogP contribution in [0, 0.1) is 0 Å². The number of carboxylic acids is 1. The summed E-state index contributed by atoms with van der Waals surface area (Å²) in [5, 5.41) is 12.9. The van der Waals surface area contributed by atoms with E-state index >= 15 is 0 Å². The molecule has 3 N–H and O–H groups in total. The first-order chi connectivity index (χ1) is 7.59. The average Bonchev–Trinajstić information content (AvgIpc) is 2.25. The van der Waals surface area contributed by atoms with Crippen molar-refractivity contribution in [3.8, 4) is 0 Å². The van der Waals surface area contributed by atoms with Gasteiger partial charge in [-0.2, -0.15) is 5.10 Å². The van der Waals surface area contributed by atoms with Crippen molar-refractivity contribution in [2.75, 3.05) is 6.54 Å². The molecule has 0 unspecified atom stereocenters. The summed E-state index contributed by atoms with van der Waals surface area (Å²) in [6.45, 7) is -0.557. The van der Waals surface area contributed by atoms with E-state index in [1.165, 1.54) is 6.21 Å². The lowest BCUT2D eigenvalue weighted by Gasteiger charge is -2.10. The number of primary amides is 1. The minimum Gasteiger partial charge on any atom is -0.480 e. The Bertz CT molecular complexity index is 403. The molecule has 0 radical (unpaired) electrons. The van der Waals surface area contributed by atoms with Crippen molar-refractivity contribution >= 4 is 18.2 Å². The van der Waals surface area contributed by atoms with E-state index < -0.39 is 18.5 Å². The largest absolute Gasteiger partial charge is 0.480 e. The first-order valence-electron chi connectivity index (χ1n) is 4.47. The predicted molar refractivity (Wildman–Crippen MR) is 58.0 cm³/mol. The van der Waals surface area contributed by atoms with E-state index in [-0.39, 0.29) is 0 Å². The smallest absolute Gasteiger partial charge is 0.335 e. The van der Waals surface area contributed by atoms with E-state index in [1.54, 1.807) is 24.3 Å². The molecule has 0 atom stereocenters. The van der Waals surface area contributed by atoms with Gasteiger partial charge in [-0.1, -0.05) is 30.3 Å². The monoisotopic (exact) mass is 221 g/mol. The van der Waals surface area contributed by atoms with Crippen LogP contribution >= 0.6 is 0 Å². The van der Waals surface area contributed by atoms with Crippen molar-refractivity contribution in [3.63, 3.8) is 0 Å². The molecule has 0 spiro atoms. The molecule has 2 amide bonds. The molecule has 0 saturated heterocycles. The number of hydrogen-bond acceptors (Lipinski definition) is 3. The van der Waals surface area contributed by atoms with Gasteiger partial charge >= 0.3 is 12.0 Å². The second kappa shape index (κ2) is 5.50. The lowest BCUT2D eigenvalue weighted by Crippen LogP contribution is -2.35. The Morgan fingerprint density at radius 2 is 2.00 bits per heavy atom. The maximum Gasteiger partial charge on any atom is 0.335 e. The number of carbonyl (C=O) groups is 2. The van der Waals surface area contributed by atoms with Gasteiger partial charge in [-0.25, -0.2) is 9.80 Å². The summed E-state index contributed by atoms with van der Waals surface area (Å²) in [5.41, 5.74) is 5.71. The zero-order valence-corrected chi connectivity index (χ0v) is 8.41. The number of nitrogens with two attached hydrogens (primary N) is 1. The maximum atomic E-state index is 10.8. The van der Waals surface area contributed by atoms with E-state index in [9.17, 15) is 9.59 Å². The summed E-state index contributed by atoms with van der Waals surface area (Å²) in [7, 11) is 0. The lowest BCUT2D eigenvalue weighted by atomic mass is 10.2. The molecule has 0 fully saturated rings. The van der Waals surface area contributed by atoms with Crippen LogP contribution < -0.4 is 5.73 Å². The molecule has 0 saturated carbocycles. The van der Waals surface area contributed by atoms with Crippen molar-refractivity contribution in [2.45, 2.75) is 0 Å². The van der Waals surface area contributed by atoms with Crippen LogP contribution in [0.4, 0.5) is 4.79 Å². The third kappa shape index (κ3) is 3.79. The fourth-order valence-electron chi connectivity index (χ4n) is 0.979. The fourth-order valence-corrected chi connectivity index (χ4v) is 0.979. The van der Waals surface area contributed by atoms with Crippen molar-refractivity contribution in [3.05, 3.63) is 35.9 Å². The Morgan fingerprint density at radius 1 is 1.38 bits per heavy atom. The SMILES string of the molecule is NC(=O)N(CC(=O)O)N=Cc1ccccc1. The summed E-state index contributed by atoms with van der Waals surface area (Å²) in [5.74, 6) is -1.18. The van der Waals surface area contributed by atoms with Gasteiger partial charge in [0.25, 0.3) is 0 Å². The van der Waals surface area contributed by atoms with Gasteiger partial charge < -0.3 is 10.8 Å². The molecule has 6 heteroatoms. The number of hydrazone groups is 1. The molecule has 0 aromatic heterocycles. The molecule has 16 heavy (non-hydrogen) atoms. The van der Waals surface area contributed by atoms with Gasteiger partial charge in [0.05, 0.1) is 6.21 Å².